The molecule has 1 amide bonds. The lowest BCUT2D eigenvalue weighted by molar-refractivity contribution is -0.141. The lowest BCUT2D eigenvalue weighted by atomic mass is 9.89. The smallest absolute Gasteiger partial charge is 0.308 e. The summed E-state index contributed by atoms with van der Waals surface area (Å²) in [5.41, 5.74) is 1.86. The number of likely N-dealkylation sites (tertiary alicyclic amines) is 1. The van der Waals surface area contributed by atoms with Gasteiger partial charge in [0.1, 0.15) is 0 Å². The summed E-state index contributed by atoms with van der Waals surface area (Å²) in [5.74, 6) is -1.46. The van der Waals surface area contributed by atoms with Crippen LogP contribution in [0.4, 0.5) is 0 Å². The molecule has 0 bridgehead atoms. The fourth-order valence-electron chi connectivity index (χ4n) is 3.11. The van der Waals surface area contributed by atoms with Gasteiger partial charge in [-0.3, -0.25) is 9.59 Å². The summed E-state index contributed by atoms with van der Waals surface area (Å²) in [7, 11) is 0. The van der Waals surface area contributed by atoms with E-state index in [4.69, 9.17) is 5.11 Å². The van der Waals surface area contributed by atoms with Crippen LogP contribution in [0.25, 0.3) is 5.69 Å². The van der Waals surface area contributed by atoms with Crippen LogP contribution in [0.15, 0.2) is 36.5 Å². The molecule has 3 rings (SSSR count). The number of carbonyl (C=O) groups excluding carboxylic acids is 1. The van der Waals surface area contributed by atoms with Gasteiger partial charge in [-0.2, -0.15) is 5.10 Å². The van der Waals surface area contributed by atoms with E-state index in [0.29, 0.717) is 18.5 Å². The molecule has 1 aliphatic rings. The van der Waals surface area contributed by atoms with E-state index in [1.54, 1.807) is 15.8 Å². The Bertz CT molecular complexity index is 790. The van der Waals surface area contributed by atoms with E-state index in [0.717, 1.165) is 11.4 Å². The van der Waals surface area contributed by atoms with Gasteiger partial charge in [0.2, 0.25) is 0 Å². The fraction of sp³-hybridized carbons (Fsp3) is 0.421. The van der Waals surface area contributed by atoms with Crippen molar-refractivity contribution in [2.24, 2.45) is 5.92 Å². The van der Waals surface area contributed by atoms with Gasteiger partial charge >= 0.3 is 5.97 Å². The second-order valence-electron chi connectivity index (χ2n) is 7.50. The van der Waals surface area contributed by atoms with Crippen molar-refractivity contribution >= 4 is 11.9 Å². The minimum atomic E-state index is -0.841. The van der Waals surface area contributed by atoms with Gasteiger partial charge in [-0.1, -0.05) is 39.0 Å². The van der Waals surface area contributed by atoms with E-state index in [1.165, 1.54) is 0 Å². The minimum Gasteiger partial charge on any atom is -0.481 e. The number of para-hydroxylation sites is 1. The van der Waals surface area contributed by atoms with E-state index in [-0.39, 0.29) is 17.9 Å². The number of hydrogen-bond donors (Lipinski definition) is 1. The number of carboxylic acid groups (broad SMARTS) is 1. The number of rotatable bonds is 3. The highest BCUT2D eigenvalue weighted by atomic mass is 16.4. The highest BCUT2D eigenvalue weighted by Gasteiger charge is 2.34. The van der Waals surface area contributed by atoms with Crippen LogP contribution >= 0.6 is 0 Å². The Labute approximate surface area is 147 Å². The maximum absolute atomic E-state index is 13.0. The summed E-state index contributed by atoms with van der Waals surface area (Å²) in [5, 5.41) is 13.8. The van der Waals surface area contributed by atoms with E-state index in [9.17, 15) is 9.59 Å². The Morgan fingerprint density at radius 2 is 1.88 bits per heavy atom. The van der Waals surface area contributed by atoms with Gasteiger partial charge in [0.25, 0.3) is 5.91 Å². The first-order valence-electron chi connectivity index (χ1n) is 8.45. The largest absolute Gasteiger partial charge is 0.481 e. The molecule has 1 aromatic heterocycles. The summed E-state index contributed by atoms with van der Waals surface area (Å²) in [6.07, 6.45) is 2.26. The molecule has 0 unspecified atom stereocenters. The molecule has 2 aromatic rings. The van der Waals surface area contributed by atoms with Gasteiger partial charge in [0, 0.05) is 24.7 Å². The van der Waals surface area contributed by atoms with E-state index >= 15 is 0 Å². The van der Waals surface area contributed by atoms with Crippen LogP contribution in [0.1, 0.15) is 43.2 Å². The second kappa shape index (κ2) is 6.35. The number of benzene rings is 1. The zero-order valence-electron chi connectivity index (χ0n) is 14.8. The molecule has 0 radical (unpaired) electrons. The molecule has 1 aromatic carbocycles. The van der Waals surface area contributed by atoms with Crippen molar-refractivity contribution in [2.45, 2.75) is 32.6 Å². The van der Waals surface area contributed by atoms with E-state index in [1.807, 2.05) is 51.1 Å². The van der Waals surface area contributed by atoms with Crippen molar-refractivity contribution in [1.82, 2.24) is 14.7 Å². The standard InChI is InChI=1S/C19H23N3O3/c1-19(2,3)16-15(12-22(20-16)14-7-5-4-6-8-14)17(23)21-10-9-13(11-21)18(24)25/h4-8,12-13H,9-11H2,1-3H3,(H,24,25)/t13-/m0/s1. The molecule has 1 atom stereocenters. The first-order chi connectivity index (χ1) is 11.8. The molecular formula is C19H23N3O3. The first kappa shape index (κ1) is 17.2. The molecule has 25 heavy (non-hydrogen) atoms. The SMILES string of the molecule is CC(C)(C)c1nn(-c2ccccc2)cc1C(=O)N1CC[C@H](C(=O)O)C1. The third-order valence-corrected chi connectivity index (χ3v) is 4.50. The van der Waals surface area contributed by atoms with Gasteiger partial charge in [-0.15, -0.1) is 0 Å². The number of amides is 1. The molecule has 0 aliphatic carbocycles. The quantitative estimate of drug-likeness (QED) is 0.931. The van der Waals surface area contributed by atoms with Crippen molar-refractivity contribution in [3.05, 3.63) is 47.8 Å². The van der Waals surface area contributed by atoms with Gasteiger partial charge in [-0.05, 0) is 18.6 Å². The van der Waals surface area contributed by atoms with E-state index in [2.05, 4.69) is 5.10 Å². The molecule has 1 fully saturated rings. The minimum absolute atomic E-state index is 0.143. The normalized spacial score (nSPS) is 17.7. The predicted molar refractivity (Wildman–Crippen MR) is 93.9 cm³/mol. The highest BCUT2D eigenvalue weighted by Crippen LogP contribution is 2.28. The Kier molecular flexibility index (Phi) is 4.37. The van der Waals surface area contributed by atoms with E-state index < -0.39 is 11.9 Å². The van der Waals surface area contributed by atoms with Crippen molar-refractivity contribution in [3.8, 4) is 5.69 Å². The average Bonchev–Trinajstić information content (AvgIpc) is 3.22. The Morgan fingerprint density at radius 1 is 1.20 bits per heavy atom. The monoisotopic (exact) mass is 341 g/mol. The molecule has 0 spiro atoms. The van der Waals surface area contributed by atoms with Crippen molar-refractivity contribution in [2.75, 3.05) is 13.1 Å². The number of aliphatic carboxylic acids is 1. The first-order valence-corrected chi connectivity index (χ1v) is 8.45. The van der Waals surface area contributed by atoms with Crippen molar-refractivity contribution < 1.29 is 14.7 Å². The lowest BCUT2D eigenvalue weighted by Gasteiger charge is -2.20. The molecule has 0 saturated carbocycles. The maximum Gasteiger partial charge on any atom is 0.308 e. The molecule has 1 aliphatic heterocycles. The molecule has 132 valence electrons. The molecule has 1 N–H and O–H groups in total. The topological polar surface area (TPSA) is 75.4 Å². The third-order valence-electron chi connectivity index (χ3n) is 4.50. The molecule has 1 saturated heterocycles. The number of carbonyl (C=O) groups is 2. The molecule has 6 nitrogen and oxygen atoms in total. The highest BCUT2D eigenvalue weighted by molar-refractivity contribution is 5.96. The summed E-state index contributed by atoms with van der Waals surface area (Å²) >= 11 is 0. The van der Waals surface area contributed by atoms with Crippen LogP contribution in [-0.4, -0.2) is 44.8 Å². The molecule has 6 heteroatoms. The number of nitrogens with zero attached hydrogens (tertiary/aromatic N) is 3. The van der Waals surface area contributed by atoms with Crippen molar-refractivity contribution in [3.63, 3.8) is 0 Å². The Hall–Kier alpha value is -2.63. The second-order valence-corrected chi connectivity index (χ2v) is 7.50. The van der Waals surface area contributed by atoms with Crippen LogP contribution in [0, 0.1) is 5.92 Å². The molecule has 2 heterocycles. The van der Waals surface area contributed by atoms with Crippen LogP contribution in [0.3, 0.4) is 0 Å². The van der Waals surface area contributed by atoms with Crippen LogP contribution in [-0.2, 0) is 10.2 Å². The van der Waals surface area contributed by atoms with Crippen LogP contribution < -0.4 is 0 Å². The van der Waals surface area contributed by atoms with Gasteiger partial charge in [0.05, 0.1) is 22.9 Å². The van der Waals surface area contributed by atoms with Gasteiger partial charge in [-0.25, -0.2) is 4.68 Å². The summed E-state index contributed by atoms with van der Waals surface area (Å²) in [6, 6.07) is 9.65. The van der Waals surface area contributed by atoms with Crippen LogP contribution in [0.5, 0.6) is 0 Å². The number of carboxylic acids is 1. The van der Waals surface area contributed by atoms with Crippen LogP contribution in [0.2, 0.25) is 0 Å². The predicted octanol–water partition coefficient (Wildman–Crippen LogP) is 2.72. The molecular weight excluding hydrogens is 318 g/mol. The maximum atomic E-state index is 13.0. The zero-order valence-corrected chi connectivity index (χ0v) is 14.8. The summed E-state index contributed by atoms with van der Waals surface area (Å²) in [6.45, 7) is 6.78. The van der Waals surface area contributed by atoms with Gasteiger partial charge in [0.15, 0.2) is 0 Å². The lowest BCUT2D eigenvalue weighted by Crippen LogP contribution is -2.31. The Balaban J connectivity index is 1.96. The van der Waals surface area contributed by atoms with Crippen molar-refractivity contribution in [1.29, 1.82) is 0 Å². The third kappa shape index (κ3) is 3.43. The zero-order chi connectivity index (χ0) is 18.2. The van der Waals surface area contributed by atoms with Gasteiger partial charge < -0.3 is 10.0 Å². The average molecular weight is 341 g/mol. The number of hydrogen-bond acceptors (Lipinski definition) is 3. The number of aromatic nitrogens is 2. The summed E-state index contributed by atoms with van der Waals surface area (Å²) < 4.78 is 1.72. The fourth-order valence-corrected chi connectivity index (χ4v) is 3.11. The summed E-state index contributed by atoms with van der Waals surface area (Å²) in [4.78, 5) is 25.8. The Morgan fingerprint density at radius 3 is 2.44 bits per heavy atom.